The number of carboxylic acids is 1. The van der Waals surface area contributed by atoms with Gasteiger partial charge in [0.25, 0.3) is 5.88 Å². The Morgan fingerprint density at radius 3 is 2.41 bits per heavy atom. The van der Waals surface area contributed by atoms with Crippen LogP contribution >= 0.6 is 0 Å². The second kappa shape index (κ2) is 12.1. The highest BCUT2D eigenvalue weighted by molar-refractivity contribution is 6.33. The molecule has 208 valence electrons. The maximum atomic E-state index is 12.3. The Morgan fingerprint density at radius 2 is 1.74 bits per heavy atom. The maximum absolute atomic E-state index is 12.3. The van der Waals surface area contributed by atoms with E-state index in [0.29, 0.717) is 49.0 Å². The van der Waals surface area contributed by atoms with Crippen molar-refractivity contribution < 1.29 is 43.2 Å². The first-order chi connectivity index (χ1) is 18.8. The molecule has 0 amide bonds. The molecule has 2 aliphatic rings. The molecule has 4 rings (SSSR count). The van der Waals surface area contributed by atoms with Crippen molar-refractivity contribution >= 4 is 23.4 Å². The fourth-order valence-electron chi connectivity index (χ4n) is 5.09. The van der Waals surface area contributed by atoms with Gasteiger partial charge in [0.15, 0.2) is 17.2 Å². The number of aliphatic carboxylic acids is 1. The van der Waals surface area contributed by atoms with Crippen molar-refractivity contribution in [1.82, 2.24) is 4.98 Å². The third-order valence-electron chi connectivity index (χ3n) is 6.92. The molecule has 1 aromatic heterocycles. The quantitative estimate of drug-likeness (QED) is 0.333. The summed E-state index contributed by atoms with van der Waals surface area (Å²) in [5, 5.41) is 8.79. The topological polar surface area (TPSA) is 143 Å². The van der Waals surface area contributed by atoms with Crippen molar-refractivity contribution in [3.8, 4) is 23.1 Å². The summed E-state index contributed by atoms with van der Waals surface area (Å²) in [4.78, 5) is 44.7. The highest BCUT2D eigenvalue weighted by Crippen LogP contribution is 2.46. The summed E-state index contributed by atoms with van der Waals surface area (Å²) in [6.07, 6.45) is 1.96. The Kier molecular flexibility index (Phi) is 8.68. The van der Waals surface area contributed by atoms with Crippen LogP contribution in [-0.4, -0.2) is 73.6 Å². The van der Waals surface area contributed by atoms with E-state index in [1.807, 2.05) is 25.1 Å². The molecule has 1 saturated carbocycles. The number of ether oxygens (including phenoxy) is 5. The molecule has 11 nitrogen and oxygen atoms in total. The number of carboxylic acid groups (broad SMARTS) is 1. The third kappa shape index (κ3) is 5.97. The Bertz CT molecular complexity index is 1290. The number of fused-ring (bicyclic) bond motifs is 3. The number of aromatic nitrogens is 1. The van der Waals surface area contributed by atoms with Crippen molar-refractivity contribution in [3.05, 3.63) is 41.1 Å². The lowest BCUT2D eigenvalue weighted by atomic mass is 9.74. The van der Waals surface area contributed by atoms with E-state index >= 15 is 0 Å². The Morgan fingerprint density at radius 1 is 0.974 bits per heavy atom. The van der Waals surface area contributed by atoms with Gasteiger partial charge < -0.3 is 28.8 Å². The number of methoxy groups -OCH3 is 3. The zero-order valence-electron chi connectivity index (χ0n) is 22.4. The molecule has 0 spiro atoms. The number of esters is 1. The van der Waals surface area contributed by atoms with Gasteiger partial charge in [0.05, 0.1) is 46.1 Å². The number of benzene rings is 1. The number of carbonyl (C=O) groups excluding carboxylic acids is 2. The van der Waals surface area contributed by atoms with Gasteiger partial charge in [-0.1, -0.05) is 0 Å². The molecular weight excluding hydrogens is 508 g/mol. The molecule has 39 heavy (non-hydrogen) atoms. The largest absolute Gasteiger partial charge is 0.493 e. The van der Waals surface area contributed by atoms with Gasteiger partial charge in [-0.05, 0) is 49.9 Å². The molecule has 1 aliphatic heterocycles. The molecule has 1 aromatic carbocycles. The Labute approximate surface area is 226 Å². The number of aliphatic imine (C=N–C) groups is 1. The summed E-state index contributed by atoms with van der Waals surface area (Å²) >= 11 is 0. The Hall–Kier alpha value is -4.15. The van der Waals surface area contributed by atoms with Gasteiger partial charge in [0.1, 0.15) is 6.10 Å². The SMILES string of the molecule is CCOc1cc2c(cc1OC)C(c1cnc(OC)c(OC)c1)=N[C@@H]1CC[C@@H](OC(=O)C(=O)CCC(=O)O)C[C@H]21. The summed E-state index contributed by atoms with van der Waals surface area (Å²) < 4.78 is 27.7. The van der Waals surface area contributed by atoms with Crippen LogP contribution in [0.2, 0.25) is 0 Å². The molecule has 0 unspecified atom stereocenters. The van der Waals surface area contributed by atoms with Crippen LogP contribution in [0, 0.1) is 0 Å². The zero-order valence-corrected chi connectivity index (χ0v) is 22.4. The first kappa shape index (κ1) is 27.9. The minimum absolute atomic E-state index is 0.109. The first-order valence-electron chi connectivity index (χ1n) is 12.8. The minimum Gasteiger partial charge on any atom is -0.493 e. The van der Waals surface area contributed by atoms with E-state index in [-0.39, 0.29) is 18.4 Å². The number of hydrogen-bond acceptors (Lipinski definition) is 10. The van der Waals surface area contributed by atoms with Crippen LogP contribution in [0.1, 0.15) is 61.6 Å². The summed E-state index contributed by atoms with van der Waals surface area (Å²) in [6.45, 7) is 2.34. The lowest BCUT2D eigenvalue weighted by Crippen LogP contribution is -2.37. The molecule has 3 atom stereocenters. The van der Waals surface area contributed by atoms with E-state index < -0.39 is 30.2 Å². The molecule has 11 heteroatoms. The van der Waals surface area contributed by atoms with Gasteiger partial charge in [0.2, 0.25) is 5.78 Å². The van der Waals surface area contributed by atoms with Crippen LogP contribution in [-0.2, 0) is 19.1 Å². The van der Waals surface area contributed by atoms with Crippen molar-refractivity contribution in [2.45, 2.75) is 57.1 Å². The van der Waals surface area contributed by atoms with Gasteiger partial charge in [-0.2, -0.15) is 0 Å². The Balaban J connectivity index is 1.69. The molecule has 0 saturated heterocycles. The molecule has 0 radical (unpaired) electrons. The molecule has 0 bridgehead atoms. The number of Topliss-reactive ketones (excluding diaryl/α,β-unsaturated/α-hetero) is 1. The van der Waals surface area contributed by atoms with E-state index in [9.17, 15) is 14.4 Å². The lowest BCUT2D eigenvalue weighted by molar-refractivity contribution is -0.159. The minimum atomic E-state index is -1.14. The highest BCUT2D eigenvalue weighted by Gasteiger charge is 2.39. The summed E-state index contributed by atoms with van der Waals surface area (Å²) in [6, 6.07) is 5.55. The van der Waals surface area contributed by atoms with Crippen molar-refractivity contribution in [2.24, 2.45) is 4.99 Å². The predicted octanol–water partition coefficient (Wildman–Crippen LogP) is 3.34. The average Bonchev–Trinajstić information content (AvgIpc) is 2.94. The zero-order chi connectivity index (χ0) is 28.1. The van der Waals surface area contributed by atoms with Crippen LogP contribution in [0.25, 0.3) is 0 Å². The van der Waals surface area contributed by atoms with Crippen LogP contribution in [0.5, 0.6) is 23.1 Å². The monoisotopic (exact) mass is 540 g/mol. The molecular formula is C28H32N2O9. The molecule has 1 N–H and O–H groups in total. The predicted molar refractivity (Wildman–Crippen MR) is 139 cm³/mol. The van der Waals surface area contributed by atoms with Crippen LogP contribution in [0.4, 0.5) is 0 Å². The van der Waals surface area contributed by atoms with E-state index in [1.165, 1.54) is 7.11 Å². The molecule has 2 heterocycles. The summed E-state index contributed by atoms with van der Waals surface area (Å²) in [5.74, 6) is -1.11. The number of pyridine rings is 1. The van der Waals surface area contributed by atoms with Crippen LogP contribution < -0.4 is 18.9 Å². The number of rotatable bonds is 11. The van der Waals surface area contributed by atoms with E-state index in [0.717, 1.165) is 22.4 Å². The fourth-order valence-corrected chi connectivity index (χ4v) is 5.09. The smallest absolute Gasteiger partial charge is 0.374 e. The van der Waals surface area contributed by atoms with Gasteiger partial charge in [0, 0.05) is 29.7 Å². The second-order valence-corrected chi connectivity index (χ2v) is 9.27. The van der Waals surface area contributed by atoms with Gasteiger partial charge in [-0.3, -0.25) is 14.6 Å². The van der Waals surface area contributed by atoms with E-state index in [4.69, 9.17) is 33.8 Å². The number of nitrogens with zero attached hydrogens (tertiary/aromatic N) is 2. The number of ketones is 1. The highest BCUT2D eigenvalue weighted by atomic mass is 16.5. The number of carbonyl (C=O) groups is 3. The van der Waals surface area contributed by atoms with Crippen LogP contribution in [0.3, 0.4) is 0 Å². The first-order valence-corrected chi connectivity index (χ1v) is 12.8. The normalized spacial score (nSPS) is 19.6. The van der Waals surface area contributed by atoms with Gasteiger partial charge >= 0.3 is 11.9 Å². The third-order valence-corrected chi connectivity index (χ3v) is 6.92. The number of hydrogen-bond donors (Lipinski definition) is 1. The summed E-state index contributed by atoms with van der Waals surface area (Å²) in [5.41, 5.74) is 3.26. The molecule has 1 aliphatic carbocycles. The van der Waals surface area contributed by atoms with E-state index in [1.54, 1.807) is 20.4 Å². The van der Waals surface area contributed by atoms with Gasteiger partial charge in [-0.15, -0.1) is 0 Å². The maximum Gasteiger partial charge on any atom is 0.374 e. The standard InChI is InChI=1S/C28H32N2O9/c1-5-38-23-12-17-18-11-16(39-28(34)21(31)8-9-25(32)33)6-7-20(18)30-26(19(17)13-22(23)35-2)15-10-24(36-3)27(37-4)29-14-15/h10,12-14,16,18,20H,5-9,11H2,1-4H3,(H,32,33)/t16-,18-,20-/m1/s1. The van der Waals surface area contributed by atoms with Crippen LogP contribution in [0.15, 0.2) is 29.4 Å². The van der Waals surface area contributed by atoms with E-state index in [2.05, 4.69) is 4.98 Å². The van der Waals surface area contributed by atoms with Crippen molar-refractivity contribution in [1.29, 1.82) is 0 Å². The van der Waals surface area contributed by atoms with Crippen molar-refractivity contribution in [2.75, 3.05) is 27.9 Å². The average molecular weight is 541 g/mol. The lowest BCUT2D eigenvalue weighted by Gasteiger charge is -2.38. The van der Waals surface area contributed by atoms with Gasteiger partial charge in [-0.25, -0.2) is 9.78 Å². The summed E-state index contributed by atoms with van der Waals surface area (Å²) in [7, 11) is 4.64. The second-order valence-electron chi connectivity index (χ2n) is 9.27. The molecule has 2 aromatic rings. The van der Waals surface area contributed by atoms with Crippen molar-refractivity contribution in [3.63, 3.8) is 0 Å². The molecule has 1 fully saturated rings. The fraction of sp³-hybridized carbons (Fsp3) is 0.464.